The fourth-order valence-electron chi connectivity index (χ4n) is 1.95. The number of rotatable bonds is 7. The van der Waals surface area contributed by atoms with Crippen LogP contribution in [0.2, 0.25) is 0 Å². The molecule has 0 amide bonds. The van der Waals surface area contributed by atoms with Crippen LogP contribution in [0, 0.1) is 0 Å². The molecule has 0 N–H and O–H groups in total. The molecule has 0 aromatic carbocycles. The Morgan fingerprint density at radius 1 is 1.17 bits per heavy atom. The first-order valence-electron chi connectivity index (χ1n) is 8.46. The summed E-state index contributed by atoms with van der Waals surface area (Å²) in [5.41, 5.74) is 0. The van der Waals surface area contributed by atoms with E-state index in [1.807, 2.05) is 53.4 Å². The molecule has 1 heterocycles. The van der Waals surface area contributed by atoms with Crippen molar-refractivity contribution in [1.29, 1.82) is 0 Å². The van der Waals surface area contributed by atoms with E-state index in [2.05, 4.69) is 0 Å². The fourth-order valence-corrected chi connectivity index (χ4v) is 3.30. The number of hydrogen-bond acceptors (Lipinski definition) is 5. The van der Waals surface area contributed by atoms with E-state index in [0.29, 0.717) is 13.0 Å². The SMILES string of the molecule is CC.CC(=O)OC1CCOC(/C=C/P(OC(C)C)OC(C)C)C1. The quantitative estimate of drug-likeness (QED) is 0.489. The number of carbonyl (C=O) groups excluding carboxylic acids is 1. The molecule has 0 radical (unpaired) electrons. The van der Waals surface area contributed by atoms with E-state index in [1.165, 1.54) is 6.92 Å². The highest BCUT2D eigenvalue weighted by molar-refractivity contribution is 7.50. The van der Waals surface area contributed by atoms with Crippen molar-refractivity contribution < 1.29 is 23.3 Å². The van der Waals surface area contributed by atoms with Gasteiger partial charge in [-0.05, 0) is 33.5 Å². The standard InChI is InChI=1S/C15H27O5P.C2H6/c1-11(2)19-21(20-12(3)4)9-7-14-10-15(6-8-17-14)18-13(5)16;1-2/h7,9,11-12,14-15H,6,8,10H2,1-5H3;1-2H3/b9-7+;. The summed E-state index contributed by atoms with van der Waals surface area (Å²) in [6, 6.07) is 0. The monoisotopic (exact) mass is 348 g/mol. The van der Waals surface area contributed by atoms with Crippen molar-refractivity contribution in [1.82, 2.24) is 0 Å². The van der Waals surface area contributed by atoms with Crippen LogP contribution in [0.1, 0.15) is 61.3 Å². The number of hydrogen-bond donors (Lipinski definition) is 0. The summed E-state index contributed by atoms with van der Waals surface area (Å²) in [6.45, 7) is 14.0. The van der Waals surface area contributed by atoms with E-state index in [-0.39, 0.29) is 30.4 Å². The van der Waals surface area contributed by atoms with Crippen molar-refractivity contribution >= 4 is 14.3 Å². The predicted octanol–water partition coefficient (Wildman–Crippen LogP) is 4.80. The molecular weight excluding hydrogens is 315 g/mol. The highest BCUT2D eigenvalue weighted by Crippen LogP contribution is 2.43. The summed E-state index contributed by atoms with van der Waals surface area (Å²) in [5, 5.41) is 0. The largest absolute Gasteiger partial charge is 0.462 e. The summed E-state index contributed by atoms with van der Waals surface area (Å²) >= 11 is 0. The lowest BCUT2D eigenvalue weighted by atomic mass is 10.1. The molecule has 1 rings (SSSR count). The Morgan fingerprint density at radius 3 is 2.22 bits per heavy atom. The Hall–Kier alpha value is -0.480. The van der Waals surface area contributed by atoms with Crippen LogP contribution >= 0.6 is 8.38 Å². The molecule has 0 saturated carbocycles. The third kappa shape index (κ3) is 11.7. The highest BCUT2D eigenvalue weighted by Gasteiger charge is 2.23. The Bertz CT molecular complexity index is 334. The molecule has 23 heavy (non-hydrogen) atoms. The Morgan fingerprint density at radius 2 is 1.74 bits per heavy atom. The van der Waals surface area contributed by atoms with Crippen LogP contribution in [0.15, 0.2) is 11.9 Å². The van der Waals surface area contributed by atoms with Gasteiger partial charge in [-0.2, -0.15) is 0 Å². The Labute approximate surface area is 142 Å². The van der Waals surface area contributed by atoms with Crippen molar-refractivity contribution in [3.8, 4) is 0 Å². The number of esters is 1. The van der Waals surface area contributed by atoms with Gasteiger partial charge in [0.25, 0.3) is 0 Å². The lowest BCUT2D eigenvalue weighted by Crippen LogP contribution is -2.30. The average Bonchev–Trinajstić information content (AvgIpc) is 2.45. The normalized spacial score (nSPS) is 21.7. The lowest BCUT2D eigenvalue weighted by molar-refractivity contribution is -0.151. The van der Waals surface area contributed by atoms with E-state index in [1.54, 1.807) is 0 Å². The van der Waals surface area contributed by atoms with E-state index in [9.17, 15) is 4.79 Å². The third-order valence-electron chi connectivity index (χ3n) is 2.65. The highest BCUT2D eigenvalue weighted by atomic mass is 31.2. The van der Waals surface area contributed by atoms with Crippen LogP contribution in [0.25, 0.3) is 0 Å². The van der Waals surface area contributed by atoms with Gasteiger partial charge in [0.2, 0.25) is 0 Å². The lowest BCUT2D eigenvalue weighted by Gasteiger charge is -2.27. The van der Waals surface area contributed by atoms with Gasteiger partial charge < -0.3 is 18.5 Å². The molecule has 1 saturated heterocycles. The van der Waals surface area contributed by atoms with Crippen molar-refractivity contribution in [3.05, 3.63) is 11.9 Å². The second-order valence-corrected chi connectivity index (χ2v) is 6.89. The van der Waals surface area contributed by atoms with Gasteiger partial charge in [-0.15, -0.1) is 0 Å². The van der Waals surface area contributed by atoms with Crippen molar-refractivity contribution in [3.63, 3.8) is 0 Å². The van der Waals surface area contributed by atoms with Crippen molar-refractivity contribution in [2.75, 3.05) is 6.61 Å². The fraction of sp³-hybridized carbons (Fsp3) is 0.824. The van der Waals surface area contributed by atoms with Crippen LogP contribution < -0.4 is 0 Å². The molecule has 1 fully saturated rings. The maximum atomic E-state index is 11.0. The summed E-state index contributed by atoms with van der Waals surface area (Å²) in [7, 11) is -1.06. The molecule has 5 nitrogen and oxygen atoms in total. The Balaban J connectivity index is 0.00000232. The summed E-state index contributed by atoms with van der Waals surface area (Å²) in [5.74, 6) is 1.70. The first kappa shape index (κ1) is 22.5. The maximum absolute atomic E-state index is 11.0. The summed E-state index contributed by atoms with van der Waals surface area (Å²) in [4.78, 5) is 11.0. The zero-order valence-electron chi connectivity index (χ0n) is 15.6. The minimum atomic E-state index is -1.06. The molecule has 0 aromatic heterocycles. The van der Waals surface area contributed by atoms with E-state index in [0.717, 1.165) is 6.42 Å². The van der Waals surface area contributed by atoms with E-state index >= 15 is 0 Å². The van der Waals surface area contributed by atoms with Gasteiger partial charge in [-0.25, -0.2) is 0 Å². The number of carbonyl (C=O) groups is 1. The zero-order chi connectivity index (χ0) is 17.8. The van der Waals surface area contributed by atoms with Gasteiger partial charge in [0.1, 0.15) is 6.10 Å². The second kappa shape index (κ2) is 12.9. The van der Waals surface area contributed by atoms with Gasteiger partial charge in [-0.1, -0.05) is 19.9 Å². The van der Waals surface area contributed by atoms with Crippen molar-refractivity contribution in [2.24, 2.45) is 0 Å². The molecule has 0 aromatic rings. The Kier molecular flexibility index (Phi) is 12.6. The molecule has 2 atom stereocenters. The second-order valence-electron chi connectivity index (χ2n) is 5.60. The van der Waals surface area contributed by atoms with Crippen LogP contribution in [0.4, 0.5) is 0 Å². The van der Waals surface area contributed by atoms with Gasteiger partial charge in [0, 0.05) is 19.8 Å². The topological polar surface area (TPSA) is 54.0 Å². The molecule has 1 aliphatic heterocycles. The van der Waals surface area contributed by atoms with E-state index in [4.69, 9.17) is 18.5 Å². The van der Waals surface area contributed by atoms with Crippen LogP contribution in [0.3, 0.4) is 0 Å². The van der Waals surface area contributed by atoms with Gasteiger partial charge in [-0.3, -0.25) is 4.79 Å². The molecule has 1 aliphatic rings. The van der Waals surface area contributed by atoms with Crippen LogP contribution in [-0.4, -0.2) is 37.0 Å². The molecule has 0 bridgehead atoms. The smallest absolute Gasteiger partial charge is 0.302 e. The first-order valence-corrected chi connectivity index (χ1v) is 9.71. The summed E-state index contributed by atoms with van der Waals surface area (Å²) in [6.07, 6.45) is 3.51. The van der Waals surface area contributed by atoms with Gasteiger partial charge in [0.05, 0.1) is 24.9 Å². The van der Waals surface area contributed by atoms with Gasteiger partial charge in [0.15, 0.2) is 8.38 Å². The van der Waals surface area contributed by atoms with Crippen LogP contribution in [0.5, 0.6) is 0 Å². The molecule has 136 valence electrons. The summed E-state index contributed by atoms with van der Waals surface area (Å²) < 4.78 is 22.4. The minimum Gasteiger partial charge on any atom is -0.462 e. The predicted molar refractivity (Wildman–Crippen MR) is 94.4 cm³/mol. The van der Waals surface area contributed by atoms with Crippen molar-refractivity contribution in [2.45, 2.75) is 85.7 Å². The average molecular weight is 348 g/mol. The van der Waals surface area contributed by atoms with E-state index < -0.39 is 8.38 Å². The minimum absolute atomic E-state index is 0.0559. The molecular formula is C17H33O5P. The third-order valence-corrected chi connectivity index (χ3v) is 4.33. The number of ether oxygens (including phenoxy) is 2. The molecule has 0 aliphatic carbocycles. The molecule has 0 spiro atoms. The van der Waals surface area contributed by atoms with Gasteiger partial charge >= 0.3 is 5.97 Å². The maximum Gasteiger partial charge on any atom is 0.302 e. The zero-order valence-corrected chi connectivity index (χ0v) is 16.5. The molecule has 2 unspecified atom stereocenters. The molecule has 6 heteroatoms. The van der Waals surface area contributed by atoms with Crippen LogP contribution in [-0.2, 0) is 23.3 Å². The first-order chi connectivity index (χ1) is 10.9.